The number of aromatic nitrogens is 1. The first-order valence-electron chi connectivity index (χ1n) is 18.5. The van der Waals surface area contributed by atoms with Crippen molar-refractivity contribution >= 4 is 29.2 Å². The molecule has 0 spiro atoms. The molecule has 0 radical (unpaired) electrons. The summed E-state index contributed by atoms with van der Waals surface area (Å²) < 4.78 is 20.8. The van der Waals surface area contributed by atoms with Crippen LogP contribution in [0.25, 0.3) is 0 Å². The van der Waals surface area contributed by atoms with Crippen molar-refractivity contribution in [2.45, 2.75) is 73.2 Å². The molecule has 0 bridgehead atoms. The lowest BCUT2D eigenvalue weighted by molar-refractivity contribution is -0.223. The molecule has 0 saturated heterocycles. The number of aliphatic hydroxyl groups is 2. The van der Waals surface area contributed by atoms with Crippen LogP contribution in [0.4, 0.5) is 0 Å². The van der Waals surface area contributed by atoms with E-state index in [9.17, 15) is 10.2 Å². The molecule has 6 unspecified atom stereocenters. The molecule has 10 heteroatoms. The van der Waals surface area contributed by atoms with Gasteiger partial charge in [-0.05, 0) is 122 Å². The highest BCUT2D eigenvalue weighted by Crippen LogP contribution is 2.62. The van der Waals surface area contributed by atoms with Gasteiger partial charge in [0.05, 0.1) is 23.5 Å². The molecule has 1 saturated carbocycles. The maximum atomic E-state index is 9.85. The van der Waals surface area contributed by atoms with Gasteiger partial charge in [0.2, 0.25) is 5.79 Å². The van der Waals surface area contributed by atoms with Crippen molar-refractivity contribution in [2.24, 2.45) is 22.9 Å². The molecule has 6 atom stereocenters. The summed E-state index contributed by atoms with van der Waals surface area (Å²) in [6, 6.07) is 18.5. The second kappa shape index (κ2) is 18.7. The summed E-state index contributed by atoms with van der Waals surface area (Å²) in [6.45, 7) is 4.71. The van der Waals surface area contributed by atoms with Gasteiger partial charge < -0.3 is 29.3 Å². The van der Waals surface area contributed by atoms with E-state index in [-0.39, 0.29) is 42.1 Å². The minimum Gasteiger partial charge on any atom is -0.460 e. The Labute approximate surface area is 317 Å². The first-order chi connectivity index (χ1) is 25.5. The number of unbranched alkanes of at least 4 members (excludes halogenated alkanes) is 2. The van der Waals surface area contributed by atoms with Crippen LogP contribution in [0.1, 0.15) is 62.0 Å². The molecule has 0 amide bonds. The molecule has 2 N–H and O–H groups in total. The summed E-state index contributed by atoms with van der Waals surface area (Å²) in [7, 11) is 1.62. The molecule has 1 fully saturated rings. The molecule has 8 nitrogen and oxygen atoms in total. The Hall–Kier alpha value is -3.28. The van der Waals surface area contributed by atoms with Crippen molar-refractivity contribution in [1.29, 1.82) is 0 Å². The third-order valence-corrected chi connectivity index (χ3v) is 12.7. The molecular weight excluding hydrogens is 693 g/mol. The standard InChI is InChI=1S/C42H52N2O6S2/c1-4-24-48-42-39(52-25-19-29-17-20-43-21-18-29)28-37(44-47-2)35-26-30(9-5-7-22-45)34(10-6-8-23-46)40(41(35)42)36-27-32(13-16-38(36)50-42)49-31-11-14-33(51-3)15-12-31/h4,11-18,20-21,26-27,30,34,39-41,45-46H,1,5-10,19,22-25,28H2,2-3H3. The predicted molar refractivity (Wildman–Crippen MR) is 211 cm³/mol. The average Bonchev–Trinajstić information content (AvgIpc) is 3.17. The largest absolute Gasteiger partial charge is 0.460 e. The van der Waals surface area contributed by atoms with Gasteiger partial charge in [0, 0.05) is 48.4 Å². The second-order valence-electron chi connectivity index (χ2n) is 13.7. The number of nitrogens with zero attached hydrogens (tertiary/aromatic N) is 2. The Kier molecular flexibility index (Phi) is 13.8. The van der Waals surface area contributed by atoms with Crippen LogP contribution in [0.15, 0.2) is 101 Å². The van der Waals surface area contributed by atoms with Gasteiger partial charge in [-0.15, -0.1) is 18.3 Å². The number of aliphatic hydroxyl groups excluding tert-OH is 2. The van der Waals surface area contributed by atoms with E-state index in [1.807, 2.05) is 48.4 Å². The van der Waals surface area contributed by atoms with Crippen molar-refractivity contribution in [1.82, 2.24) is 4.98 Å². The first kappa shape index (κ1) is 38.4. The van der Waals surface area contributed by atoms with Crippen LogP contribution < -0.4 is 9.47 Å². The van der Waals surface area contributed by atoms with Crippen LogP contribution in [0.2, 0.25) is 0 Å². The highest BCUT2D eigenvalue weighted by atomic mass is 32.2. The van der Waals surface area contributed by atoms with Crippen LogP contribution in [0.5, 0.6) is 17.2 Å². The van der Waals surface area contributed by atoms with E-state index in [0.29, 0.717) is 13.0 Å². The number of allylic oxidation sites excluding steroid dienone is 1. The van der Waals surface area contributed by atoms with E-state index in [1.165, 1.54) is 10.5 Å². The number of hydrogen-bond donors (Lipinski definition) is 2. The summed E-state index contributed by atoms with van der Waals surface area (Å²) >= 11 is 3.57. The lowest BCUT2D eigenvalue weighted by Gasteiger charge is -2.58. The number of rotatable bonds is 19. The van der Waals surface area contributed by atoms with Crippen LogP contribution in [0, 0.1) is 17.8 Å². The third-order valence-electron chi connectivity index (χ3n) is 10.6. The van der Waals surface area contributed by atoms with Gasteiger partial charge in [0.1, 0.15) is 24.4 Å². The Bertz CT molecular complexity index is 1670. The second-order valence-corrected chi connectivity index (χ2v) is 15.9. The lowest BCUT2D eigenvalue weighted by Crippen LogP contribution is -2.64. The Morgan fingerprint density at radius 1 is 1.00 bits per heavy atom. The van der Waals surface area contributed by atoms with Crippen LogP contribution in [0.3, 0.4) is 0 Å². The number of aryl methyl sites for hydroxylation is 1. The normalized spacial score (nSPS) is 25.4. The highest BCUT2D eigenvalue weighted by molar-refractivity contribution is 8.00. The zero-order valence-corrected chi connectivity index (χ0v) is 32.0. The zero-order chi connectivity index (χ0) is 36.3. The zero-order valence-electron chi connectivity index (χ0n) is 30.3. The molecule has 2 aliphatic carbocycles. The minimum atomic E-state index is -0.991. The van der Waals surface area contributed by atoms with Gasteiger partial charge in [-0.25, -0.2) is 0 Å². The molecule has 3 aromatic rings. The topological polar surface area (TPSA) is 103 Å². The molecule has 2 aromatic carbocycles. The van der Waals surface area contributed by atoms with Crippen molar-refractivity contribution < 1.29 is 29.3 Å². The molecule has 3 aliphatic rings. The minimum absolute atomic E-state index is 0.0134. The molecule has 2 heterocycles. The van der Waals surface area contributed by atoms with Crippen LogP contribution in [-0.4, -0.2) is 70.9 Å². The summed E-state index contributed by atoms with van der Waals surface area (Å²) in [4.78, 5) is 10.9. The molecule has 52 heavy (non-hydrogen) atoms. The first-order valence-corrected chi connectivity index (χ1v) is 20.8. The maximum Gasteiger partial charge on any atom is 0.230 e. The Balaban J connectivity index is 1.48. The summed E-state index contributed by atoms with van der Waals surface area (Å²) in [5, 5.41) is 24.2. The van der Waals surface area contributed by atoms with E-state index in [0.717, 1.165) is 84.8 Å². The monoisotopic (exact) mass is 744 g/mol. The number of pyridine rings is 1. The molecule has 1 aromatic heterocycles. The summed E-state index contributed by atoms with van der Waals surface area (Å²) in [5.74, 6) is 2.52. The molecule has 6 rings (SSSR count). The lowest BCUT2D eigenvalue weighted by atomic mass is 9.56. The van der Waals surface area contributed by atoms with Gasteiger partial charge >= 0.3 is 0 Å². The van der Waals surface area contributed by atoms with Gasteiger partial charge in [-0.1, -0.05) is 30.1 Å². The average molecular weight is 745 g/mol. The highest BCUT2D eigenvalue weighted by Gasteiger charge is 2.63. The Morgan fingerprint density at radius 3 is 2.46 bits per heavy atom. The van der Waals surface area contributed by atoms with Crippen LogP contribution in [-0.2, 0) is 16.0 Å². The van der Waals surface area contributed by atoms with E-state index >= 15 is 0 Å². The third kappa shape index (κ3) is 8.57. The number of hydrogen-bond acceptors (Lipinski definition) is 10. The van der Waals surface area contributed by atoms with Crippen molar-refractivity contribution in [3.05, 3.63) is 102 Å². The fourth-order valence-electron chi connectivity index (χ4n) is 8.30. The van der Waals surface area contributed by atoms with E-state index in [2.05, 4.69) is 60.3 Å². The smallest absolute Gasteiger partial charge is 0.230 e. The predicted octanol–water partition coefficient (Wildman–Crippen LogP) is 8.84. The van der Waals surface area contributed by atoms with Crippen molar-refractivity contribution in [2.75, 3.05) is 38.9 Å². The number of oxime groups is 1. The number of ether oxygens (including phenoxy) is 3. The van der Waals surface area contributed by atoms with Crippen LogP contribution >= 0.6 is 23.5 Å². The van der Waals surface area contributed by atoms with Crippen molar-refractivity contribution in [3.8, 4) is 17.2 Å². The maximum absolute atomic E-state index is 9.85. The van der Waals surface area contributed by atoms with Crippen molar-refractivity contribution in [3.63, 3.8) is 0 Å². The molecule has 1 aliphatic heterocycles. The molecule has 278 valence electrons. The van der Waals surface area contributed by atoms with Gasteiger partial charge in [-0.3, -0.25) is 4.98 Å². The van der Waals surface area contributed by atoms with E-state index in [4.69, 9.17) is 24.2 Å². The van der Waals surface area contributed by atoms with Gasteiger partial charge in [0.15, 0.2) is 0 Å². The quantitative estimate of drug-likeness (QED) is 0.0540. The number of thioether (sulfide) groups is 2. The fraction of sp³-hybridized carbons (Fsp3) is 0.476. The van der Waals surface area contributed by atoms with Gasteiger partial charge in [0.25, 0.3) is 0 Å². The van der Waals surface area contributed by atoms with E-state index < -0.39 is 5.79 Å². The molecular formula is C42H52N2O6S2. The summed E-state index contributed by atoms with van der Waals surface area (Å²) in [5.41, 5.74) is 4.40. The van der Waals surface area contributed by atoms with Gasteiger partial charge in [-0.2, -0.15) is 11.8 Å². The summed E-state index contributed by atoms with van der Waals surface area (Å²) in [6.07, 6.45) is 16.7. The number of fused-ring (bicyclic) bond motifs is 2. The Morgan fingerprint density at radius 2 is 1.75 bits per heavy atom. The van der Waals surface area contributed by atoms with E-state index in [1.54, 1.807) is 18.9 Å². The number of benzene rings is 2. The fourth-order valence-corrected chi connectivity index (χ4v) is 10.1. The SMILES string of the molecule is C=CCOC12Oc3ccc(Oc4ccc(SC)cc4)cc3C3C(CCCCO)C(CCCCO)C=C(C(=NOC)CC1SCCc1ccncc1)C32.